The molecule has 3 rings (SSSR count). The van der Waals surface area contributed by atoms with Gasteiger partial charge in [-0.2, -0.15) is 0 Å². The van der Waals surface area contributed by atoms with Crippen molar-refractivity contribution >= 4 is 0 Å². The van der Waals surface area contributed by atoms with E-state index >= 15 is 0 Å². The average Bonchev–Trinajstić information content (AvgIpc) is 2.88. The highest BCUT2D eigenvalue weighted by Gasteiger charge is 2.24. The van der Waals surface area contributed by atoms with Gasteiger partial charge in [0.1, 0.15) is 12.4 Å². The lowest BCUT2D eigenvalue weighted by Gasteiger charge is -2.16. The van der Waals surface area contributed by atoms with Gasteiger partial charge >= 0.3 is 0 Å². The third kappa shape index (κ3) is 3.26. The Hall–Kier alpha value is -2.01. The van der Waals surface area contributed by atoms with Crippen molar-refractivity contribution in [2.45, 2.75) is 19.1 Å². The Kier molecular flexibility index (Phi) is 3.65. The second-order valence-corrected chi connectivity index (χ2v) is 4.68. The summed E-state index contributed by atoms with van der Waals surface area (Å²) in [6.45, 7) is 2.83. The largest absolute Gasteiger partial charge is 0.473 e. The van der Waals surface area contributed by atoms with Gasteiger partial charge in [-0.05, 0) is 12.5 Å². The zero-order valence-electron chi connectivity index (χ0n) is 10.6. The number of ether oxygens (including phenoxy) is 1. The normalized spacial score (nSPS) is 19.5. The Labute approximate surface area is 112 Å². The van der Waals surface area contributed by atoms with Gasteiger partial charge < -0.3 is 4.74 Å². The molecule has 19 heavy (non-hydrogen) atoms. The van der Waals surface area contributed by atoms with Crippen molar-refractivity contribution in [2.24, 2.45) is 0 Å². The van der Waals surface area contributed by atoms with Gasteiger partial charge in [0.2, 0.25) is 5.88 Å². The maximum atomic E-state index is 5.86. The van der Waals surface area contributed by atoms with Gasteiger partial charge in [0.05, 0.1) is 0 Å². The van der Waals surface area contributed by atoms with Crippen LogP contribution in [0.25, 0.3) is 0 Å². The summed E-state index contributed by atoms with van der Waals surface area (Å²) in [6.07, 6.45) is 8.29. The fourth-order valence-electron chi connectivity index (χ4n) is 2.29. The molecule has 0 saturated carbocycles. The van der Waals surface area contributed by atoms with Crippen LogP contribution in [0.3, 0.4) is 0 Å². The molecule has 0 aliphatic carbocycles. The predicted octanol–water partition coefficient (Wildman–Crippen LogP) is 1.52. The van der Waals surface area contributed by atoms with Gasteiger partial charge in [-0.15, -0.1) is 0 Å². The minimum atomic E-state index is 0.222. The van der Waals surface area contributed by atoms with Gasteiger partial charge in [-0.1, -0.05) is 6.07 Å². The second-order valence-electron chi connectivity index (χ2n) is 4.68. The van der Waals surface area contributed by atoms with Gasteiger partial charge in [0, 0.05) is 49.9 Å². The molecule has 0 aromatic carbocycles. The zero-order chi connectivity index (χ0) is 12.9. The quantitative estimate of drug-likeness (QED) is 0.830. The number of nitrogens with zero attached hydrogens (tertiary/aromatic N) is 4. The zero-order valence-corrected chi connectivity index (χ0v) is 10.6. The van der Waals surface area contributed by atoms with E-state index in [0.717, 1.165) is 31.6 Å². The maximum Gasteiger partial charge on any atom is 0.213 e. The highest BCUT2D eigenvalue weighted by atomic mass is 16.5. The first kappa shape index (κ1) is 12.0. The van der Waals surface area contributed by atoms with Crippen LogP contribution in [0.5, 0.6) is 5.88 Å². The Morgan fingerprint density at radius 1 is 1.26 bits per heavy atom. The topological polar surface area (TPSA) is 51.1 Å². The number of hydrogen-bond donors (Lipinski definition) is 0. The van der Waals surface area contributed by atoms with E-state index in [9.17, 15) is 0 Å². The Bertz CT molecular complexity index is 458. The summed E-state index contributed by atoms with van der Waals surface area (Å²) in [6, 6.07) is 5.73. The van der Waals surface area contributed by atoms with E-state index in [2.05, 4.69) is 19.9 Å². The number of hydrogen-bond acceptors (Lipinski definition) is 5. The van der Waals surface area contributed by atoms with Gasteiger partial charge in [-0.25, -0.2) is 15.0 Å². The van der Waals surface area contributed by atoms with E-state index in [1.165, 1.54) is 0 Å². The summed E-state index contributed by atoms with van der Waals surface area (Å²) in [5.41, 5.74) is 1.14. The first-order valence-corrected chi connectivity index (χ1v) is 6.44. The standard InChI is InChI=1S/C14H16N4O/c1-2-5-17-14(3-1)19-13-4-6-18(10-13)9-12-7-15-11-16-8-12/h1-3,5,7-8,11,13H,4,6,9-10H2. The summed E-state index contributed by atoms with van der Waals surface area (Å²) in [5, 5.41) is 0. The molecule has 2 aromatic rings. The molecule has 0 radical (unpaired) electrons. The lowest BCUT2D eigenvalue weighted by molar-refractivity contribution is 0.191. The molecule has 1 unspecified atom stereocenters. The molecular weight excluding hydrogens is 240 g/mol. The summed E-state index contributed by atoms with van der Waals surface area (Å²) in [5.74, 6) is 0.706. The molecule has 1 atom stereocenters. The van der Waals surface area contributed by atoms with Crippen molar-refractivity contribution in [1.82, 2.24) is 19.9 Å². The molecule has 0 amide bonds. The monoisotopic (exact) mass is 256 g/mol. The third-order valence-electron chi connectivity index (χ3n) is 3.17. The molecule has 2 aromatic heterocycles. The first-order chi connectivity index (χ1) is 9.40. The van der Waals surface area contributed by atoms with Gasteiger partial charge in [-0.3, -0.25) is 4.90 Å². The van der Waals surface area contributed by atoms with Crippen molar-refractivity contribution in [2.75, 3.05) is 13.1 Å². The van der Waals surface area contributed by atoms with Crippen LogP contribution in [0.1, 0.15) is 12.0 Å². The fraction of sp³-hybridized carbons (Fsp3) is 0.357. The summed E-state index contributed by atoms with van der Waals surface area (Å²) in [4.78, 5) is 14.6. The summed E-state index contributed by atoms with van der Waals surface area (Å²) < 4.78 is 5.86. The van der Waals surface area contributed by atoms with Crippen LogP contribution >= 0.6 is 0 Å². The van der Waals surface area contributed by atoms with Crippen molar-refractivity contribution in [3.8, 4) is 5.88 Å². The van der Waals surface area contributed by atoms with Crippen molar-refractivity contribution in [3.63, 3.8) is 0 Å². The third-order valence-corrected chi connectivity index (χ3v) is 3.17. The molecule has 98 valence electrons. The van der Waals surface area contributed by atoms with Crippen LogP contribution in [0.2, 0.25) is 0 Å². The predicted molar refractivity (Wildman–Crippen MR) is 70.6 cm³/mol. The number of aromatic nitrogens is 3. The SMILES string of the molecule is c1ccc(OC2CCN(Cc3cncnc3)C2)nc1. The number of rotatable bonds is 4. The first-order valence-electron chi connectivity index (χ1n) is 6.44. The second kappa shape index (κ2) is 5.75. The van der Waals surface area contributed by atoms with E-state index in [0.29, 0.717) is 5.88 Å². The lowest BCUT2D eigenvalue weighted by Crippen LogP contribution is -2.24. The average molecular weight is 256 g/mol. The minimum Gasteiger partial charge on any atom is -0.473 e. The Morgan fingerprint density at radius 3 is 2.95 bits per heavy atom. The fourth-order valence-corrected chi connectivity index (χ4v) is 2.29. The minimum absolute atomic E-state index is 0.222. The highest BCUT2D eigenvalue weighted by Crippen LogP contribution is 2.17. The Morgan fingerprint density at radius 2 is 2.16 bits per heavy atom. The molecule has 1 aliphatic heterocycles. The lowest BCUT2D eigenvalue weighted by atomic mass is 10.3. The molecule has 1 aliphatic rings. The summed E-state index contributed by atoms with van der Waals surface area (Å²) in [7, 11) is 0. The van der Waals surface area contributed by atoms with Crippen molar-refractivity contribution in [3.05, 3.63) is 48.7 Å². The molecule has 0 bridgehead atoms. The molecule has 3 heterocycles. The number of likely N-dealkylation sites (tertiary alicyclic amines) is 1. The molecule has 0 N–H and O–H groups in total. The van der Waals surface area contributed by atoms with E-state index in [-0.39, 0.29) is 6.10 Å². The van der Waals surface area contributed by atoms with Gasteiger partial charge in [0.25, 0.3) is 0 Å². The van der Waals surface area contributed by atoms with Crippen molar-refractivity contribution in [1.29, 1.82) is 0 Å². The maximum absolute atomic E-state index is 5.86. The molecule has 5 heteroatoms. The van der Waals surface area contributed by atoms with E-state index in [4.69, 9.17) is 4.74 Å². The number of pyridine rings is 1. The highest BCUT2D eigenvalue weighted by molar-refractivity contribution is 5.10. The van der Waals surface area contributed by atoms with E-state index < -0.39 is 0 Å². The van der Waals surface area contributed by atoms with Crippen molar-refractivity contribution < 1.29 is 4.74 Å². The molecule has 1 fully saturated rings. The van der Waals surface area contributed by atoms with Crippen LogP contribution < -0.4 is 4.74 Å². The summed E-state index contributed by atoms with van der Waals surface area (Å²) >= 11 is 0. The molecule has 0 spiro atoms. The van der Waals surface area contributed by atoms with Crippen LogP contribution in [0.4, 0.5) is 0 Å². The van der Waals surface area contributed by atoms with E-state index in [1.807, 2.05) is 30.6 Å². The smallest absolute Gasteiger partial charge is 0.213 e. The molecular formula is C14H16N4O. The van der Waals surface area contributed by atoms with Crippen LogP contribution in [0, 0.1) is 0 Å². The molecule has 1 saturated heterocycles. The van der Waals surface area contributed by atoms with Crippen LogP contribution in [-0.4, -0.2) is 39.0 Å². The van der Waals surface area contributed by atoms with Gasteiger partial charge in [0.15, 0.2) is 0 Å². The van der Waals surface area contributed by atoms with Crippen LogP contribution in [-0.2, 0) is 6.54 Å². The van der Waals surface area contributed by atoms with E-state index in [1.54, 1.807) is 12.5 Å². The Balaban J connectivity index is 1.53. The van der Waals surface area contributed by atoms with Crippen LogP contribution in [0.15, 0.2) is 43.1 Å². The molecule has 5 nitrogen and oxygen atoms in total.